The Kier molecular flexibility index (Phi) is 0.987. The molecule has 0 atom stereocenters. The zero-order valence-corrected chi connectivity index (χ0v) is 5.33. The van der Waals surface area contributed by atoms with E-state index in [1.807, 2.05) is 18.2 Å². The number of nitrogens with two attached hydrogens (primary N) is 1. The second-order valence-electron chi connectivity index (χ2n) is 2.14. The highest BCUT2D eigenvalue weighted by Gasteiger charge is 2.09. The molecule has 0 bridgehead atoms. The summed E-state index contributed by atoms with van der Waals surface area (Å²) in [4.78, 5) is 4.02. The molecule has 1 aliphatic heterocycles. The summed E-state index contributed by atoms with van der Waals surface area (Å²) in [5, 5.41) is 0. The molecule has 3 nitrogen and oxygen atoms in total. The van der Waals surface area contributed by atoms with Gasteiger partial charge in [0.25, 0.3) is 0 Å². The number of fused-ring (bicyclic) bond motifs is 1. The lowest BCUT2D eigenvalue weighted by molar-refractivity contribution is 1.32. The second kappa shape index (κ2) is 1.82. The van der Waals surface area contributed by atoms with Crippen molar-refractivity contribution >= 4 is 17.6 Å². The molecule has 3 heteroatoms. The summed E-state index contributed by atoms with van der Waals surface area (Å²) in [5.41, 5.74) is 5.65. The number of nitrogens with one attached hydrogen (secondary N) is 1. The number of aliphatic imine (C=N–C) groups is 1. The third kappa shape index (κ3) is 0.550. The molecule has 0 saturated carbocycles. The number of hydrogen-bond acceptors (Lipinski definition) is 3. The molecule has 0 spiro atoms. The topological polar surface area (TPSA) is 50.4 Å². The summed E-state index contributed by atoms with van der Waals surface area (Å²) < 4.78 is 0. The van der Waals surface area contributed by atoms with Gasteiger partial charge in [-0.2, -0.15) is 0 Å². The molecule has 3 N–H and O–H groups in total. The maximum absolute atomic E-state index is 5.24. The highest BCUT2D eigenvalue weighted by molar-refractivity contribution is 6.02. The van der Waals surface area contributed by atoms with E-state index in [0.29, 0.717) is 0 Å². The lowest BCUT2D eigenvalue weighted by atomic mass is 10.1. The van der Waals surface area contributed by atoms with Gasteiger partial charge < -0.3 is 5.43 Å². The maximum Gasteiger partial charge on any atom is 0.0739 e. The molecule has 1 heterocycles. The van der Waals surface area contributed by atoms with Gasteiger partial charge in [-0.1, -0.05) is 6.07 Å². The van der Waals surface area contributed by atoms with E-state index >= 15 is 0 Å². The van der Waals surface area contributed by atoms with Crippen LogP contribution in [0.4, 0.5) is 11.4 Å². The maximum atomic E-state index is 5.24. The predicted molar refractivity (Wildman–Crippen MR) is 41.5 cm³/mol. The minimum Gasteiger partial charge on any atom is -0.323 e. The van der Waals surface area contributed by atoms with E-state index in [9.17, 15) is 0 Å². The van der Waals surface area contributed by atoms with Gasteiger partial charge in [-0.3, -0.25) is 10.8 Å². The van der Waals surface area contributed by atoms with Crippen molar-refractivity contribution in [2.75, 3.05) is 5.43 Å². The normalized spacial score (nSPS) is 12.1. The molecule has 0 amide bonds. The number of benzene rings is 1. The average Bonchev–Trinajstić information content (AvgIpc) is 1.91. The number of anilines is 1. The van der Waals surface area contributed by atoms with Gasteiger partial charge in [-0.05, 0) is 12.1 Å². The van der Waals surface area contributed by atoms with Crippen LogP contribution < -0.4 is 11.3 Å². The molecular weight excluding hydrogens is 126 g/mol. The zero-order valence-electron chi connectivity index (χ0n) is 5.33. The van der Waals surface area contributed by atoms with E-state index < -0.39 is 0 Å². The number of rotatable bonds is 1. The lowest BCUT2D eigenvalue weighted by Gasteiger charge is -2.12. The first kappa shape index (κ1) is 5.44. The van der Waals surface area contributed by atoms with Gasteiger partial charge >= 0.3 is 0 Å². The van der Waals surface area contributed by atoms with Gasteiger partial charge in [0.1, 0.15) is 0 Å². The molecule has 0 saturated heterocycles. The van der Waals surface area contributed by atoms with Crippen LogP contribution in [-0.4, -0.2) is 6.21 Å². The van der Waals surface area contributed by atoms with Crippen LogP contribution in [-0.2, 0) is 0 Å². The molecule has 50 valence electrons. The van der Waals surface area contributed by atoms with Crippen molar-refractivity contribution in [2.24, 2.45) is 10.8 Å². The van der Waals surface area contributed by atoms with Crippen LogP contribution in [0.25, 0.3) is 0 Å². The van der Waals surface area contributed by atoms with E-state index in [1.165, 1.54) is 0 Å². The Morgan fingerprint density at radius 1 is 1.40 bits per heavy atom. The Morgan fingerprint density at radius 2 is 2.30 bits per heavy atom. The van der Waals surface area contributed by atoms with Gasteiger partial charge in [0.15, 0.2) is 0 Å². The van der Waals surface area contributed by atoms with Gasteiger partial charge in [0, 0.05) is 11.8 Å². The Labute approximate surface area is 58.5 Å². The second-order valence-corrected chi connectivity index (χ2v) is 2.14. The first-order chi connectivity index (χ1) is 4.92. The third-order valence-corrected chi connectivity index (χ3v) is 1.57. The Bertz CT molecular complexity index is 291. The van der Waals surface area contributed by atoms with Crippen LogP contribution in [0.2, 0.25) is 0 Å². The summed E-state index contributed by atoms with van der Waals surface area (Å²) in [7, 11) is 0. The zero-order chi connectivity index (χ0) is 6.97. The fourth-order valence-electron chi connectivity index (χ4n) is 0.995. The van der Waals surface area contributed by atoms with Crippen LogP contribution in [0.1, 0.15) is 5.56 Å². The number of nitrogens with zero attached hydrogens (tertiary/aromatic N) is 1. The highest BCUT2D eigenvalue weighted by Crippen LogP contribution is 2.30. The van der Waals surface area contributed by atoms with Crippen LogP contribution in [0.15, 0.2) is 23.2 Å². The third-order valence-electron chi connectivity index (χ3n) is 1.57. The molecule has 0 aromatic heterocycles. The molecule has 0 unspecified atom stereocenters. The van der Waals surface area contributed by atoms with Crippen molar-refractivity contribution in [2.45, 2.75) is 0 Å². The van der Waals surface area contributed by atoms with Crippen molar-refractivity contribution < 1.29 is 0 Å². The average molecular weight is 133 g/mol. The SMILES string of the molecule is NNc1cccc2c1C=N2. The van der Waals surface area contributed by atoms with Gasteiger partial charge in [0.05, 0.1) is 11.4 Å². The van der Waals surface area contributed by atoms with Crippen molar-refractivity contribution in [3.63, 3.8) is 0 Å². The predicted octanol–water partition coefficient (Wildman–Crippen LogP) is 1.04. The van der Waals surface area contributed by atoms with E-state index in [-0.39, 0.29) is 0 Å². The van der Waals surface area contributed by atoms with E-state index in [1.54, 1.807) is 6.21 Å². The molecule has 1 aromatic rings. The van der Waals surface area contributed by atoms with E-state index in [0.717, 1.165) is 16.9 Å². The fraction of sp³-hybridized carbons (Fsp3) is 0. The van der Waals surface area contributed by atoms with Gasteiger partial charge in [0.2, 0.25) is 0 Å². The summed E-state index contributed by atoms with van der Waals surface area (Å²) in [5.74, 6) is 5.24. The molecule has 1 aromatic carbocycles. The summed E-state index contributed by atoms with van der Waals surface area (Å²) in [6.45, 7) is 0. The molecule has 10 heavy (non-hydrogen) atoms. The largest absolute Gasteiger partial charge is 0.323 e. The standard InChI is InChI=1S/C7H7N3/c8-10-7-3-1-2-6-5(7)4-9-6/h1-4,10H,8H2. The van der Waals surface area contributed by atoms with E-state index in [4.69, 9.17) is 5.84 Å². The fourth-order valence-corrected chi connectivity index (χ4v) is 0.995. The molecule has 2 rings (SSSR count). The summed E-state index contributed by atoms with van der Waals surface area (Å²) >= 11 is 0. The smallest absolute Gasteiger partial charge is 0.0739 e. The van der Waals surface area contributed by atoms with Crippen LogP contribution in [0, 0.1) is 0 Å². The minimum atomic E-state index is 0.938. The highest BCUT2D eigenvalue weighted by atomic mass is 15.2. The van der Waals surface area contributed by atoms with Gasteiger partial charge in [-0.25, -0.2) is 0 Å². The number of nitrogen functional groups attached to an aromatic ring is 1. The minimum absolute atomic E-state index is 0.938. The first-order valence-electron chi connectivity index (χ1n) is 3.05. The van der Waals surface area contributed by atoms with E-state index in [2.05, 4.69) is 10.4 Å². The van der Waals surface area contributed by atoms with Crippen molar-refractivity contribution in [3.8, 4) is 0 Å². The quantitative estimate of drug-likeness (QED) is 0.451. The molecule has 1 aliphatic rings. The Balaban J connectivity index is 2.55. The van der Waals surface area contributed by atoms with Gasteiger partial charge in [-0.15, -0.1) is 0 Å². The Hall–Kier alpha value is -1.35. The summed E-state index contributed by atoms with van der Waals surface area (Å²) in [6.07, 6.45) is 1.80. The van der Waals surface area contributed by atoms with Crippen LogP contribution in [0.3, 0.4) is 0 Å². The summed E-state index contributed by atoms with van der Waals surface area (Å²) in [6, 6.07) is 5.80. The van der Waals surface area contributed by atoms with Crippen LogP contribution in [0.5, 0.6) is 0 Å². The first-order valence-corrected chi connectivity index (χ1v) is 3.05. The number of hydrogen-bond donors (Lipinski definition) is 2. The molecular formula is C7H7N3. The van der Waals surface area contributed by atoms with Crippen molar-refractivity contribution in [1.29, 1.82) is 0 Å². The monoisotopic (exact) mass is 133 g/mol. The van der Waals surface area contributed by atoms with Crippen molar-refractivity contribution in [1.82, 2.24) is 0 Å². The van der Waals surface area contributed by atoms with Crippen molar-refractivity contribution in [3.05, 3.63) is 23.8 Å². The molecule has 0 aliphatic carbocycles. The molecule has 0 fully saturated rings. The Morgan fingerprint density at radius 3 is 2.80 bits per heavy atom. The van der Waals surface area contributed by atoms with Crippen LogP contribution >= 0.6 is 0 Å². The lowest BCUT2D eigenvalue weighted by Crippen LogP contribution is -2.10. The number of hydrazine groups is 1. The molecule has 0 radical (unpaired) electrons.